The molecule has 0 amide bonds. The topological polar surface area (TPSA) is 71.1 Å². The van der Waals surface area contributed by atoms with Crippen LogP contribution in [0.3, 0.4) is 0 Å². The van der Waals surface area contributed by atoms with Gasteiger partial charge in [-0.3, -0.25) is 9.59 Å². The first kappa shape index (κ1) is 25.4. The lowest BCUT2D eigenvalue weighted by atomic mass is 9.99. The lowest BCUT2D eigenvalue weighted by molar-refractivity contribution is -0.291. The van der Waals surface area contributed by atoms with Crippen molar-refractivity contribution in [2.45, 2.75) is 92.1 Å². The van der Waals surface area contributed by atoms with Crippen LogP contribution >= 0.6 is 0 Å². The molecule has 0 N–H and O–H groups in total. The fraction of sp³-hybridized carbons (Fsp3) is 0.739. The van der Waals surface area contributed by atoms with E-state index in [1.54, 1.807) is 45.9 Å². The Kier molecular flexibility index (Phi) is 9.56. The summed E-state index contributed by atoms with van der Waals surface area (Å²) >= 11 is 0. The molecule has 0 aromatic heterocycles. The van der Waals surface area contributed by atoms with Gasteiger partial charge in [0, 0.05) is 0 Å². The van der Waals surface area contributed by atoms with Crippen LogP contribution in [0.2, 0.25) is 0 Å². The van der Waals surface area contributed by atoms with Crippen LogP contribution < -0.4 is 0 Å². The third-order valence-corrected chi connectivity index (χ3v) is 4.15. The predicted molar refractivity (Wildman–Crippen MR) is 112 cm³/mol. The van der Waals surface area contributed by atoms with Crippen molar-refractivity contribution in [3.05, 3.63) is 24.0 Å². The van der Waals surface area contributed by atoms with Crippen LogP contribution in [0.1, 0.15) is 74.7 Å². The van der Waals surface area contributed by atoms with Gasteiger partial charge in [-0.25, -0.2) is 0 Å². The van der Waals surface area contributed by atoms with E-state index in [2.05, 4.69) is 6.92 Å². The van der Waals surface area contributed by atoms with Crippen LogP contribution in [-0.2, 0) is 28.5 Å². The number of hydrogen-bond acceptors (Lipinski definition) is 6. The van der Waals surface area contributed by atoms with Gasteiger partial charge in [0.15, 0.2) is 5.76 Å². The van der Waals surface area contributed by atoms with E-state index in [1.165, 1.54) is 0 Å². The molecule has 166 valence electrons. The monoisotopic (exact) mass is 410 g/mol. The highest BCUT2D eigenvalue weighted by atomic mass is 16.7. The molecule has 2 unspecified atom stereocenters. The van der Waals surface area contributed by atoms with E-state index in [1.807, 2.05) is 20.8 Å². The molecule has 0 spiro atoms. The number of allylic oxidation sites excluding steroid dienone is 2. The average molecular weight is 411 g/mol. The first-order valence-corrected chi connectivity index (χ1v) is 10.6. The first-order chi connectivity index (χ1) is 13.4. The van der Waals surface area contributed by atoms with Crippen molar-refractivity contribution in [1.82, 2.24) is 0 Å². The second kappa shape index (κ2) is 10.9. The van der Waals surface area contributed by atoms with E-state index in [-0.39, 0.29) is 17.6 Å². The van der Waals surface area contributed by atoms with Crippen LogP contribution in [0.4, 0.5) is 0 Å². The third kappa shape index (κ3) is 7.94. The van der Waals surface area contributed by atoms with Crippen molar-refractivity contribution in [2.75, 3.05) is 6.61 Å². The molecule has 1 aliphatic carbocycles. The summed E-state index contributed by atoms with van der Waals surface area (Å²) in [5.74, 6) is -2.68. The van der Waals surface area contributed by atoms with E-state index in [4.69, 9.17) is 18.9 Å². The maximum absolute atomic E-state index is 12.5. The van der Waals surface area contributed by atoms with E-state index in [0.717, 1.165) is 19.3 Å². The number of carbonyl (C=O) groups is 2. The Hall–Kier alpha value is -1.66. The number of esters is 2. The molecule has 0 heterocycles. The van der Waals surface area contributed by atoms with E-state index >= 15 is 0 Å². The van der Waals surface area contributed by atoms with Gasteiger partial charge in [-0.2, -0.15) is 0 Å². The van der Waals surface area contributed by atoms with Crippen molar-refractivity contribution >= 4 is 11.9 Å². The number of ether oxygens (including phenoxy) is 4. The second-order valence-electron chi connectivity index (χ2n) is 8.97. The summed E-state index contributed by atoms with van der Waals surface area (Å²) in [6, 6.07) is 0. The summed E-state index contributed by atoms with van der Waals surface area (Å²) in [6.07, 6.45) is 6.95. The van der Waals surface area contributed by atoms with Crippen molar-refractivity contribution in [1.29, 1.82) is 0 Å². The molecule has 0 fully saturated rings. The number of hydrogen-bond donors (Lipinski definition) is 0. The molecule has 0 aromatic rings. The molecule has 0 radical (unpaired) electrons. The summed E-state index contributed by atoms with van der Waals surface area (Å²) in [4.78, 5) is 24.7. The summed E-state index contributed by atoms with van der Waals surface area (Å²) < 4.78 is 23.8. The smallest absolute Gasteiger partial charge is 0.313 e. The first-order valence-electron chi connectivity index (χ1n) is 10.6. The Balaban J connectivity index is 3.30. The number of rotatable bonds is 10. The minimum atomic E-state index is -1.38. The molecule has 0 saturated heterocycles. The van der Waals surface area contributed by atoms with Crippen molar-refractivity contribution in [3.63, 3.8) is 0 Å². The standard InChI is InChI=1S/C23H38O6/c1-9-10-11-15-26-23(29-22(6,7)8)14-12-13-18(27-20(24)16(2)3)19(23)28-21(25)17(4)5/h12-14,16-17,19H,9-11,15H2,1-8H3. The molecule has 2 atom stereocenters. The van der Waals surface area contributed by atoms with Gasteiger partial charge in [0.25, 0.3) is 0 Å². The maximum Gasteiger partial charge on any atom is 0.313 e. The van der Waals surface area contributed by atoms with Crippen LogP contribution in [0.25, 0.3) is 0 Å². The Bertz CT molecular complexity index is 611. The van der Waals surface area contributed by atoms with Gasteiger partial charge in [-0.05, 0) is 39.3 Å². The molecule has 6 nitrogen and oxygen atoms in total. The normalized spacial score (nSPS) is 22.0. The van der Waals surface area contributed by atoms with Gasteiger partial charge in [-0.15, -0.1) is 0 Å². The summed E-state index contributed by atoms with van der Waals surface area (Å²) in [5, 5.41) is 0. The Labute approximate surface area is 175 Å². The van der Waals surface area contributed by atoms with Crippen molar-refractivity contribution < 1.29 is 28.5 Å². The molecule has 0 aromatic carbocycles. The summed E-state index contributed by atoms with van der Waals surface area (Å²) in [6.45, 7) is 15.2. The molecule has 1 aliphatic rings. The highest BCUT2D eigenvalue weighted by molar-refractivity contribution is 5.74. The fourth-order valence-electron chi connectivity index (χ4n) is 2.67. The Morgan fingerprint density at radius 1 is 1.07 bits per heavy atom. The van der Waals surface area contributed by atoms with Gasteiger partial charge in [0.05, 0.1) is 24.0 Å². The predicted octanol–water partition coefficient (Wildman–Crippen LogP) is 4.93. The van der Waals surface area contributed by atoms with Gasteiger partial charge < -0.3 is 18.9 Å². The number of unbranched alkanes of at least 4 members (excludes halogenated alkanes) is 2. The molecule has 6 heteroatoms. The molecular formula is C23H38O6. The summed E-state index contributed by atoms with van der Waals surface area (Å²) in [5.41, 5.74) is -0.595. The largest absolute Gasteiger partial charge is 0.448 e. The van der Waals surface area contributed by atoms with Crippen molar-refractivity contribution in [3.8, 4) is 0 Å². The minimum Gasteiger partial charge on any atom is -0.448 e. The second-order valence-corrected chi connectivity index (χ2v) is 8.97. The molecule has 0 aliphatic heterocycles. The Morgan fingerprint density at radius 2 is 1.69 bits per heavy atom. The zero-order chi connectivity index (χ0) is 22.2. The van der Waals surface area contributed by atoms with E-state index in [9.17, 15) is 9.59 Å². The van der Waals surface area contributed by atoms with Crippen LogP contribution in [0.5, 0.6) is 0 Å². The Morgan fingerprint density at radius 3 is 2.21 bits per heavy atom. The highest BCUT2D eigenvalue weighted by Crippen LogP contribution is 2.36. The van der Waals surface area contributed by atoms with Crippen LogP contribution in [-0.4, -0.2) is 36.0 Å². The van der Waals surface area contributed by atoms with E-state index < -0.39 is 29.4 Å². The number of carbonyl (C=O) groups excluding carboxylic acids is 2. The average Bonchev–Trinajstić information content (AvgIpc) is 2.60. The van der Waals surface area contributed by atoms with Gasteiger partial charge in [0.1, 0.15) is 0 Å². The summed E-state index contributed by atoms with van der Waals surface area (Å²) in [7, 11) is 0. The quantitative estimate of drug-likeness (QED) is 0.289. The van der Waals surface area contributed by atoms with E-state index in [0.29, 0.717) is 6.61 Å². The third-order valence-electron chi connectivity index (χ3n) is 4.15. The zero-order valence-corrected chi connectivity index (χ0v) is 19.2. The van der Waals surface area contributed by atoms with Crippen LogP contribution in [0.15, 0.2) is 24.0 Å². The van der Waals surface area contributed by atoms with Gasteiger partial charge >= 0.3 is 11.9 Å². The highest BCUT2D eigenvalue weighted by Gasteiger charge is 2.50. The molecule has 1 rings (SSSR count). The van der Waals surface area contributed by atoms with Gasteiger partial charge in [-0.1, -0.05) is 53.5 Å². The van der Waals surface area contributed by atoms with Crippen molar-refractivity contribution in [2.24, 2.45) is 11.8 Å². The SMILES string of the molecule is CCCCCOC1(OC(C)(C)C)C=CC=C(OC(=O)C(C)C)C1OC(=O)C(C)C. The zero-order valence-electron chi connectivity index (χ0n) is 19.2. The maximum atomic E-state index is 12.5. The molecule has 0 saturated carbocycles. The fourth-order valence-corrected chi connectivity index (χ4v) is 2.67. The lowest BCUT2D eigenvalue weighted by Gasteiger charge is -2.43. The van der Waals surface area contributed by atoms with Crippen LogP contribution in [0, 0.1) is 11.8 Å². The van der Waals surface area contributed by atoms with Gasteiger partial charge in [0.2, 0.25) is 11.9 Å². The lowest BCUT2D eigenvalue weighted by Crippen LogP contribution is -2.54. The minimum absolute atomic E-state index is 0.208. The molecule has 29 heavy (non-hydrogen) atoms. The molecule has 0 bridgehead atoms. The molecular weight excluding hydrogens is 372 g/mol.